The number of halogens is 2. The number of benzene rings is 2. The number of carbonyl (C=O) groups is 4. The van der Waals surface area contributed by atoms with Gasteiger partial charge in [0, 0.05) is 72.8 Å². The zero-order chi connectivity index (χ0) is 55.8. The Bertz CT molecular complexity index is 2840. The molecule has 14 nitrogen and oxygen atoms in total. The Balaban J connectivity index is 0.000000165. The molecule has 6 saturated carbocycles. The highest BCUT2D eigenvalue weighted by Gasteiger charge is 2.64. The number of rotatable bonds is 10. The molecule has 8 aliphatic carbocycles. The van der Waals surface area contributed by atoms with Gasteiger partial charge in [0.15, 0.2) is 34.6 Å². The molecular weight excluding hydrogens is 1030 g/mol. The van der Waals surface area contributed by atoms with E-state index in [-0.39, 0.29) is 58.4 Å². The summed E-state index contributed by atoms with van der Waals surface area (Å²) in [6, 6.07) is 0. The van der Waals surface area contributed by atoms with Crippen molar-refractivity contribution in [1.29, 1.82) is 0 Å². The van der Waals surface area contributed by atoms with Gasteiger partial charge in [-0.3, -0.25) is 19.2 Å². The van der Waals surface area contributed by atoms with E-state index in [1.54, 1.807) is 24.0 Å². The average Bonchev–Trinajstić information content (AvgIpc) is 4.03. The van der Waals surface area contributed by atoms with Crippen molar-refractivity contribution in [1.82, 2.24) is 19.6 Å². The zero-order valence-electron chi connectivity index (χ0n) is 47.9. The number of ketones is 2. The normalized spacial score (nSPS) is 31.7. The molecule has 2 amide bonds. The standard InChI is InChI=1S/2C31H39ClN2O5/c2*1-18-15-22(35)21(23(16-18)37-6)17-34-14-7-20-24(28(34)36)19(2)26-27(25(20)32)39-29(3,38-26)30-8-11-31(12-9-30,13-10-30)33(4)5/h2*16H,7-15,17H2,1-6H3/t2*29-,30?,31?/m10/s1. The fraction of sp³-hybridized carbons (Fsp3) is 0.613. The molecule has 16 heteroatoms. The first kappa shape index (κ1) is 54.9. The minimum Gasteiger partial charge on any atom is -0.496 e. The van der Waals surface area contributed by atoms with Crippen molar-refractivity contribution in [2.24, 2.45) is 10.8 Å². The number of methoxy groups -OCH3 is 2. The lowest BCUT2D eigenvalue weighted by Gasteiger charge is -2.59. The highest BCUT2D eigenvalue weighted by molar-refractivity contribution is 6.34. The van der Waals surface area contributed by atoms with Gasteiger partial charge in [-0.15, -0.1) is 0 Å². The van der Waals surface area contributed by atoms with Crippen molar-refractivity contribution >= 4 is 46.6 Å². The molecule has 0 saturated heterocycles. The Morgan fingerprint density at radius 3 is 1.15 bits per heavy atom. The largest absolute Gasteiger partial charge is 0.496 e. The summed E-state index contributed by atoms with van der Waals surface area (Å²) in [5.74, 6) is 1.48. The van der Waals surface area contributed by atoms with Gasteiger partial charge in [-0.1, -0.05) is 34.3 Å². The van der Waals surface area contributed by atoms with Crippen molar-refractivity contribution in [3.63, 3.8) is 0 Å². The van der Waals surface area contributed by atoms with Crippen molar-refractivity contribution in [2.45, 2.75) is 167 Å². The number of nitrogens with zero attached hydrogens (tertiary/aromatic N) is 4. The second-order valence-electron chi connectivity index (χ2n) is 25.2. The minimum atomic E-state index is -0.827. The van der Waals surface area contributed by atoms with E-state index >= 15 is 0 Å². The van der Waals surface area contributed by atoms with Crippen LogP contribution in [-0.2, 0) is 31.9 Å². The number of ether oxygens (including phenoxy) is 6. The third kappa shape index (κ3) is 8.27. The number of hydrogen-bond acceptors (Lipinski definition) is 12. The van der Waals surface area contributed by atoms with Crippen LogP contribution < -0.4 is 18.9 Å². The maximum atomic E-state index is 13.9. The van der Waals surface area contributed by atoms with Gasteiger partial charge in [-0.25, -0.2) is 0 Å². The Kier molecular flexibility index (Phi) is 13.6. The van der Waals surface area contributed by atoms with Gasteiger partial charge in [-0.2, -0.15) is 0 Å². The third-order valence-electron chi connectivity index (χ3n) is 21.1. The summed E-state index contributed by atoms with van der Waals surface area (Å²) in [5.41, 5.74) is 7.66. The highest BCUT2D eigenvalue weighted by atomic mass is 35.5. The number of allylic oxidation sites excluding steroid dienone is 4. The lowest BCUT2D eigenvalue weighted by Crippen LogP contribution is -2.62. The molecule has 78 heavy (non-hydrogen) atoms. The lowest BCUT2D eigenvalue weighted by molar-refractivity contribution is -0.212. The maximum absolute atomic E-state index is 13.9. The highest BCUT2D eigenvalue weighted by Crippen LogP contribution is 2.65. The van der Waals surface area contributed by atoms with Gasteiger partial charge in [0.05, 0.1) is 59.6 Å². The molecule has 2 aromatic rings. The van der Waals surface area contributed by atoms with Gasteiger partial charge < -0.3 is 48.0 Å². The quantitative estimate of drug-likeness (QED) is 0.224. The first-order valence-corrected chi connectivity index (χ1v) is 29.0. The molecule has 12 aliphatic rings. The second-order valence-corrected chi connectivity index (χ2v) is 26.0. The Hall–Kier alpha value is -5.02. The summed E-state index contributed by atoms with van der Waals surface area (Å²) in [7, 11) is 11.9. The number of carbonyl (C=O) groups excluding carboxylic acids is 4. The van der Waals surface area contributed by atoms with Gasteiger partial charge >= 0.3 is 0 Å². The number of fused-ring (bicyclic) bond motifs is 10. The van der Waals surface area contributed by atoms with Crippen LogP contribution in [0.1, 0.15) is 161 Å². The number of Topliss-reactive ketones (excluding diaryl/α,β-unsaturated/α-hetero) is 2. The van der Waals surface area contributed by atoms with E-state index in [2.05, 4.69) is 51.8 Å². The van der Waals surface area contributed by atoms with Crippen LogP contribution in [-0.4, -0.2) is 134 Å². The van der Waals surface area contributed by atoms with Gasteiger partial charge in [0.2, 0.25) is 0 Å². The van der Waals surface area contributed by atoms with Crippen LogP contribution in [0, 0.1) is 24.7 Å². The predicted octanol–water partition coefficient (Wildman–Crippen LogP) is 11.2. The third-order valence-corrected chi connectivity index (χ3v) is 21.9. The molecule has 4 aliphatic heterocycles. The Morgan fingerprint density at radius 2 is 0.846 bits per heavy atom. The van der Waals surface area contributed by atoms with E-state index in [1.807, 2.05) is 39.8 Å². The van der Waals surface area contributed by atoms with Crippen LogP contribution in [0.15, 0.2) is 46.0 Å². The lowest BCUT2D eigenvalue weighted by atomic mass is 9.54. The predicted molar refractivity (Wildman–Crippen MR) is 299 cm³/mol. The summed E-state index contributed by atoms with van der Waals surface area (Å²) in [6.07, 6.45) is 18.6. The van der Waals surface area contributed by atoms with E-state index < -0.39 is 11.6 Å². The number of amides is 2. The Labute approximate surface area is 470 Å². The van der Waals surface area contributed by atoms with E-state index in [1.165, 1.54) is 0 Å². The molecule has 420 valence electrons. The molecule has 0 unspecified atom stereocenters. The summed E-state index contributed by atoms with van der Waals surface area (Å²) >= 11 is 14.0. The molecule has 0 spiro atoms. The van der Waals surface area contributed by atoms with Crippen molar-refractivity contribution < 1.29 is 47.6 Å². The summed E-state index contributed by atoms with van der Waals surface area (Å²) in [6.45, 7) is 13.2. The number of hydrogen-bond donors (Lipinski definition) is 0. The van der Waals surface area contributed by atoms with Crippen LogP contribution in [0.4, 0.5) is 0 Å². The van der Waals surface area contributed by atoms with E-state index in [0.29, 0.717) is 106 Å². The van der Waals surface area contributed by atoms with E-state index in [4.69, 9.17) is 51.6 Å². The van der Waals surface area contributed by atoms with Gasteiger partial charge in [0.25, 0.3) is 23.4 Å². The second kappa shape index (κ2) is 19.3. The molecule has 6 fully saturated rings. The first-order valence-electron chi connectivity index (χ1n) is 28.2. The van der Waals surface area contributed by atoms with Crippen LogP contribution >= 0.6 is 23.2 Å². The van der Waals surface area contributed by atoms with E-state index in [0.717, 1.165) is 110 Å². The maximum Gasteiger partial charge on any atom is 0.254 e. The monoisotopic (exact) mass is 1110 g/mol. The topological polar surface area (TPSA) is 137 Å². The van der Waals surface area contributed by atoms with E-state index in [9.17, 15) is 19.2 Å². The molecule has 2 atom stereocenters. The first-order chi connectivity index (χ1) is 36.9. The molecular formula is C62H78Cl2N4O10. The SMILES string of the molecule is COC1=C(CN2CCc3c(Cl)c4c(c(C)c3C2=O)O[C@@](C)(C23CCC(N(C)C)(CC2)CC3)O4)C(=O)CC(C)=C1.COC1=C(CN2CCc3c(Cl)c4c(c(C)c3C2=O)O[C@](C)(C23CCC(N(C)C)(CC2)CC3)O4)C(=O)CC(C)=C1. The molecule has 2 aromatic carbocycles. The minimum absolute atomic E-state index is 0.000777. The fourth-order valence-electron chi connectivity index (χ4n) is 15.6. The molecule has 0 aromatic heterocycles. The summed E-state index contributed by atoms with van der Waals surface area (Å²) < 4.78 is 37.9. The molecule has 0 radical (unpaired) electrons. The molecule has 4 heterocycles. The Morgan fingerprint density at radius 1 is 0.526 bits per heavy atom. The van der Waals surface area contributed by atoms with Crippen LogP contribution in [0.25, 0.3) is 0 Å². The van der Waals surface area contributed by atoms with Crippen molar-refractivity contribution in [3.8, 4) is 23.0 Å². The van der Waals surface area contributed by atoms with Crippen LogP contribution in [0.5, 0.6) is 23.0 Å². The zero-order valence-corrected chi connectivity index (χ0v) is 49.4. The van der Waals surface area contributed by atoms with Crippen molar-refractivity contribution in [2.75, 3.05) is 68.6 Å². The van der Waals surface area contributed by atoms with Crippen LogP contribution in [0.2, 0.25) is 10.0 Å². The average molecular weight is 1110 g/mol. The fourth-order valence-corrected chi connectivity index (χ4v) is 16.2. The molecule has 14 rings (SSSR count). The smallest absolute Gasteiger partial charge is 0.254 e. The molecule has 4 bridgehead atoms. The summed E-state index contributed by atoms with van der Waals surface area (Å²) in [4.78, 5) is 61.7. The van der Waals surface area contributed by atoms with Gasteiger partial charge in [-0.05, 0) is 169 Å². The van der Waals surface area contributed by atoms with Gasteiger partial charge in [0.1, 0.15) is 11.5 Å². The van der Waals surface area contributed by atoms with Crippen LogP contribution in [0.3, 0.4) is 0 Å². The van der Waals surface area contributed by atoms with Crippen molar-refractivity contribution in [3.05, 3.63) is 89.4 Å². The summed E-state index contributed by atoms with van der Waals surface area (Å²) in [5, 5.41) is 0.967. The molecule has 0 N–H and O–H groups in total.